The summed E-state index contributed by atoms with van der Waals surface area (Å²) in [5, 5.41) is 21.5. The maximum atomic E-state index is 11.5. The van der Waals surface area contributed by atoms with Crippen molar-refractivity contribution in [3.8, 4) is 5.75 Å². The fraction of sp³-hybridized carbons (Fsp3) is 0.400. The Morgan fingerprint density at radius 3 is 2.52 bits per heavy atom. The number of unbranched alkanes of at least 4 members (excludes halogenated alkanes) is 3. The Hall–Kier alpha value is -2.37. The number of hydrogen-bond donors (Lipinski definition) is 3. The fourth-order valence-electron chi connectivity index (χ4n) is 1.76. The SMILES string of the molecule is O=C(O)CCCCCCC(=O)N/N=C/c1cccc(O)c1. The van der Waals surface area contributed by atoms with Crippen molar-refractivity contribution >= 4 is 18.1 Å². The Bertz CT molecular complexity index is 500. The standard InChI is InChI=1S/C15H20N2O4/c18-13-7-5-6-12(10-13)11-16-17-14(19)8-3-1-2-4-9-15(20)21/h5-7,10-11,18H,1-4,8-9H2,(H,17,19)(H,20,21)/b16-11+. The van der Waals surface area contributed by atoms with Crippen molar-refractivity contribution in [2.45, 2.75) is 38.5 Å². The van der Waals surface area contributed by atoms with Gasteiger partial charge in [-0.05, 0) is 30.5 Å². The van der Waals surface area contributed by atoms with Gasteiger partial charge >= 0.3 is 5.97 Å². The van der Waals surface area contributed by atoms with Crippen LogP contribution in [0.1, 0.15) is 44.1 Å². The molecule has 0 radical (unpaired) electrons. The van der Waals surface area contributed by atoms with Crippen LogP contribution >= 0.6 is 0 Å². The van der Waals surface area contributed by atoms with E-state index in [4.69, 9.17) is 5.11 Å². The van der Waals surface area contributed by atoms with E-state index >= 15 is 0 Å². The molecule has 114 valence electrons. The molecule has 3 N–H and O–H groups in total. The summed E-state index contributed by atoms with van der Waals surface area (Å²) >= 11 is 0. The van der Waals surface area contributed by atoms with Crippen LogP contribution in [0, 0.1) is 0 Å². The first-order valence-corrected chi connectivity index (χ1v) is 6.90. The number of benzene rings is 1. The molecule has 0 fully saturated rings. The zero-order valence-electron chi connectivity index (χ0n) is 11.8. The Morgan fingerprint density at radius 1 is 1.14 bits per heavy atom. The summed E-state index contributed by atoms with van der Waals surface area (Å²) in [7, 11) is 0. The molecule has 1 rings (SSSR count). The summed E-state index contributed by atoms with van der Waals surface area (Å²) in [4.78, 5) is 21.8. The lowest BCUT2D eigenvalue weighted by atomic mass is 10.1. The first kappa shape index (κ1) is 16.7. The van der Waals surface area contributed by atoms with Crippen LogP contribution in [-0.2, 0) is 9.59 Å². The Labute approximate surface area is 123 Å². The average Bonchev–Trinajstić information content (AvgIpc) is 2.42. The molecule has 1 aromatic rings. The molecule has 1 aromatic carbocycles. The molecule has 0 unspecified atom stereocenters. The highest BCUT2D eigenvalue weighted by molar-refractivity contribution is 5.82. The monoisotopic (exact) mass is 292 g/mol. The lowest BCUT2D eigenvalue weighted by Gasteiger charge is -2.00. The van der Waals surface area contributed by atoms with Gasteiger partial charge < -0.3 is 10.2 Å². The van der Waals surface area contributed by atoms with Crippen molar-refractivity contribution in [2.75, 3.05) is 0 Å². The fourth-order valence-corrected chi connectivity index (χ4v) is 1.76. The molecular weight excluding hydrogens is 272 g/mol. The van der Waals surface area contributed by atoms with E-state index in [0.717, 1.165) is 12.8 Å². The number of aromatic hydroxyl groups is 1. The van der Waals surface area contributed by atoms with E-state index in [2.05, 4.69) is 10.5 Å². The molecule has 1 amide bonds. The largest absolute Gasteiger partial charge is 0.508 e. The number of aliphatic carboxylic acids is 1. The zero-order valence-corrected chi connectivity index (χ0v) is 11.8. The van der Waals surface area contributed by atoms with Crippen LogP contribution in [0.3, 0.4) is 0 Å². The molecule has 6 heteroatoms. The van der Waals surface area contributed by atoms with Crippen molar-refractivity contribution < 1.29 is 19.8 Å². The number of amides is 1. The minimum atomic E-state index is -0.783. The van der Waals surface area contributed by atoms with Crippen LogP contribution in [0.4, 0.5) is 0 Å². The summed E-state index contributed by atoms with van der Waals surface area (Å²) in [6.45, 7) is 0. The second kappa shape index (κ2) is 9.52. The number of rotatable bonds is 9. The van der Waals surface area contributed by atoms with Gasteiger partial charge in [0, 0.05) is 12.8 Å². The molecular formula is C15H20N2O4. The summed E-state index contributed by atoms with van der Waals surface area (Å²) in [6, 6.07) is 6.55. The van der Waals surface area contributed by atoms with E-state index in [-0.39, 0.29) is 18.1 Å². The van der Waals surface area contributed by atoms with E-state index in [1.54, 1.807) is 18.2 Å². The number of carboxylic acids is 1. The predicted octanol–water partition coefficient (Wildman–Crippen LogP) is 2.27. The summed E-state index contributed by atoms with van der Waals surface area (Å²) in [5.74, 6) is -0.815. The van der Waals surface area contributed by atoms with Gasteiger partial charge in [0.15, 0.2) is 0 Å². The molecule has 0 aromatic heterocycles. The number of carbonyl (C=O) groups is 2. The number of carboxylic acid groups (broad SMARTS) is 1. The molecule has 0 aliphatic carbocycles. The second-order valence-corrected chi connectivity index (χ2v) is 4.70. The Morgan fingerprint density at radius 2 is 1.86 bits per heavy atom. The van der Waals surface area contributed by atoms with Gasteiger partial charge in [0.2, 0.25) is 5.91 Å². The first-order valence-electron chi connectivity index (χ1n) is 6.90. The minimum Gasteiger partial charge on any atom is -0.508 e. The van der Waals surface area contributed by atoms with Crippen molar-refractivity contribution in [2.24, 2.45) is 5.10 Å². The topological polar surface area (TPSA) is 99.0 Å². The molecule has 0 spiro atoms. The number of nitrogens with zero attached hydrogens (tertiary/aromatic N) is 1. The number of carbonyl (C=O) groups excluding carboxylic acids is 1. The summed E-state index contributed by atoms with van der Waals surface area (Å²) in [6.07, 6.45) is 5.01. The van der Waals surface area contributed by atoms with Gasteiger partial charge in [-0.2, -0.15) is 5.10 Å². The zero-order chi connectivity index (χ0) is 15.5. The smallest absolute Gasteiger partial charge is 0.303 e. The van der Waals surface area contributed by atoms with Gasteiger partial charge in [-0.15, -0.1) is 0 Å². The normalized spacial score (nSPS) is 10.7. The number of hydrazone groups is 1. The third-order valence-electron chi connectivity index (χ3n) is 2.82. The van der Waals surface area contributed by atoms with E-state index < -0.39 is 5.97 Å². The lowest BCUT2D eigenvalue weighted by molar-refractivity contribution is -0.137. The molecule has 6 nitrogen and oxygen atoms in total. The quantitative estimate of drug-likeness (QED) is 0.369. The molecule has 0 aliphatic rings. The molecule has 0 bridgehead atoms. The van der Waals surface area contributed by atoms with Crippen LogP contribution in [0.25, 0.3) is 0 Å². The van der Waals surface area contributed by atoms with Gasteiger partial charge in [-0.3, -0.25) is 9.59 Å². The maximum absolute atomic E-state index is 11.5. The number of hydrogen-bond acceptors (Lipinski definition) is 4. The molecule has 21 heavy (non-hydrogen) atoms. The van der Waals surface area contributed by atoms with Crippen LogP contribution < -0.4 is 5.43 Å². The van der Waals surface area contributed by atoms with Crippen molar-refractivity contribution in [1.29, 1.82) is 0 Å². The van der Waals surface area contributed by atoms with Crippen molar-refractivity contribution in [3.63, 3.8) is 0 Å². The second-order valence-electron chi connectivity index (χ2n) is 4.70. The molecule has 0 heterocycles. The Kier molecular flexibility index (Phi) is 7.56. The van der Waals surface area contributed by atoms with Crippen LogP contribution in [0.15, 0.2) is 29.4 Å². The van der Waals surface area contributed by atoms with Crippen LogP contribution in [0.2, 0.25) is 0 Å². The van der Waals surface area contributed by atoms with Gasteiger partial charge in [-0.25, -0.2) is 5.43 Å². The van der Waals surface area contributed by atoms with E-state index in [1.807, 2.05) is 0 Å². The van der Waals surface area contributed by atoms with Gasteiger partial charge in [0.05, 0.1) is 6.21 Å². The summed E-state index contributed by atoms with van der Waals surface area (Å²) in [5.41, 5.74) is 3.11. The summed E-state index contributed by atoms with van der Waals surface area (Å²) < 4.78 is 0. The van der Waals surface area contributed by atoms with Gasteiger partial charge in [0.25, 0.3) is 0 Å². The predicted molar refractivity (Wildman–Crippen MR) is 79.2 cm³/mol. The Balaban J connectivity index is 2.12. The average molecular weight is 292 g/mol. The van der Waals surface area contributed by atoms with E-state index in [9.17, 15) is 14.7 Å². The highest BCUT2D eigenvalue weighted by Gasteiger charge is 2.00. The molecule has 0 aliphatic heterocycles. The highest BCUT2D eigenvalue weighted by atomic mass is 16.4. The van der Waals surface area contributed by atoms with Crippen LogP contribution in [0.5, 0.6) is 5.75 Å². The first-order chi connectivity index (χ1) is 10.1. The van der Waals surface area contributed by atoms with E-state index in [1.165, 1.54) is 12.3 Å². The van der Waals surface area contributed by atoms with Crippen LogP contribution in [-0.4, -0.2) is 28.3 Å². The van der Waals surface area contributed by atoms with E-state index in [0.29, 0.717) is 24.8 Å². The maximum Gasteiger partial charge on any atom is 0.303 e. The highest BCUT2D eigenvalue weighted by Crippen LogP contribution is 2.08. The molecule has 0 atom stereocenters. The van der Waals surface area contributed by atoms with Crippen molar-refractivity contribution in [1.82, 2.24) is 5.43 Å². The number of phenolic OH excluding ortho intramolecular Hbond substituents is 1. The lowest BCUT2D eigenvalue weighted by Crippen LogP contribution is -2.16. The number of nitrogens with one attached hydrogen (secondary N) is 1. The third-order valence-corrected chi connectivity index (χ3v) is 2.82. The van der Waals surface area contributed by atoms with Crippen molar-refractivity contribution in [3.05, 3.63) is 29.8 Å². The van der Waals surface area contributed by atoms with Gasteiger partial charge in [-0.1, -0.05) is 25.0 Å². The molecule has 0 saturated carbocycles. The number of phenols is 1. The minimum absolute atomic E-state index is 0.145. The molecule has 0 saturated heterocycles. The third kappa shape index (κ3) is 8.41. The van der Waals surface area contributed by atoms with Gasteiger partial charge in [0.1, 0.15) is 5.75 Å².